The molecule has 0 saturated carbocycles. The number of fused-ring (bicyclic) bond motifs is 1. The maximum atomic E-state index is 12.3. The van der Waals surface area contributed by atoms with Crippen LogP contribution in [-0.2, 0) is 30.9 Å². The number of hydrogen-bond acceptors (Lipinski definition) is 3. The number of ether oxygens (including phenoxy) is 1. The molecule has 1 aliphatic heterocycles. The van der Waals surface area contributed by atoms with Gasteiger partial charge in [-0.25, -0.2) is 4.79 Å². The summed E-state index contributed by atoms with van der Waals surface area (Å²) in [5.74, 6) is 0. The summed E-state index contributed by atoms with van der Waals surface area (Å²) < 4.78 is 5.45. The summed E-state index contributed by atoms with van der Waals surface area (Å²) >= 11 is 0. The third-order valence-electron chi connectivity index (χ3n) is 4.20. The molecule has 0 saturated heterocycles. The van der Waals surface area contributed by atoms with Crippen LogP contribution in [0.15, 0.2) is 48.5 Å². The van der Waals surface area contributed by atoms with E-state index in [1.165, 1.54) is 16.7 Å². The molecule has 0 bridgehead atoms. The SMILES string of the molecule is CNCc1cccc2c1CN(C(=O)OCc1ccccc1)CC2. The lowest BCUT2D eigenvalue weighted by molar-refractivity contribution is 0.0917. The van der Waals surface area contributed by atoms with Crippen molar-refractivity contribution in [3.63, 3.8) is 0 Å². The van der Waals surface area contributed by atoms with Crippen LogP contribution in [0, 0.1) is 0 Å². The summed E-state index contributed by atoms with van der Waals surface area (Å²) in [5, 5.41) is 3.19. The molecule has 0 aromatic heterocycles. The average Bonchev–Trinajstić information content (AvgIpc) is 2.61. The van der Waals surface area contributed by atoms with Crippen molar-refractivity contribution in [2.75, 3.05) is 13.6 Å². The van der Waals surface area contributed by atoms with Gasteiger partial charge in [-0.3, -0.25) is 0 Å². The Morgan fingerprint density at radius 3 is 2.78 bits per heavy atom. The minimum absolute atomic E-state index is 0.237. The Balaban J connectivity index is 1.65. The van der Waals surface area contributed by atoms with Gasteiger partial charge < -0.3 is 15.0 Å². The van der Waals surface area contributed by atoms with Crippen molar-refractivity contribution in [3.8, 4) is 0 Å². The molecule has 1 heterocycles. The average molecular weight is 310 g/mol. The predicted octanol–water partition coefficient (Wildman–Crippen LogP) is 3.10. The number of nitrogens with zero attached hydrogens (tertiary/aromatic N) is 1. The van der Waals surface area contributed by atoms with E-state index < -0.39 is 0 Å². The largest absolute Gasteiger partial charge is 0.445 e. The molecule has 1 aliphatic rings. The molecule has 0 unspecified atom stereocenters. The smallest absolute Gasteiger partial charge is 0.410 e. The number of hydrogen-bond donors (Lipinski definition) is 1. The fourth-order valence-corrected chi connectivity index (χ4v) is 2.97. The normalized spacial score (nSPS) is 13.5. The van der Waals surface area contributed by atoms with E-state index in [1.54, 1.807) is 4.90 Å². The van der Waals surface area contributed by atoms with Gasteiger partial charge in [0.1, 0.15) is 6.61 Å². The standard InChI is InChI=1S/C19H22N2O2/c1-20-12-17-9-5-8-16-10-11-21(13-18(16)17)19(22)23-14-15-6-3-2-4-7-15/h2-9,20H,10-14H2,1H3. The molecule has 120 valence electrons. The van der Waals surface area contributed by atoms with Gasteiger partial charge in [-0.1, -0.05) is 48.5 Å². The lowest BCUT2D eigenvalue weighted by atomic mass is 9.95. The Kier molecular flexibility index (Phi) is 4.93. The van der Waals surface area contributed by atoms with Crippen molar-refractivity contribution in [1.82, 2.24) is 10.2 Å². The molecule has 2 aromatic carbocycles. The third-order valence-corrected chi connectivity index (χ3v) is 4.20. The van der Waals surface area contributed by atoms with Crippen LogP contribution >= 0.6 is 0 Å². The molecule has 0 radical (unpaired) electrons. The van der Waals surface area contributed by atoms with E-state index >= 15 is 0 Å². The van der Waals surface area contributed by atoms with E-state index in [9.17, 15) is 4.79 Å². The van der Waals surface area contributed by atoms with Crippen LogP contribution in [0.5, 0.6) is 0 Å². The number of carbonyl (C=O) groups excluding carboxylic acids is 1. The van der Waals surface area contributed by atoms with E-state index in [0.717, 1.165) is 18.5 Å². The van der Waals surface area contributed by atoms with Gasteiger partial charge in [-0.15, -0.1) is 0 Å². The second kappa shape index (κ2) is 7.29. The van der Waals surface area contributed by atoms with Crippen LogP contribution in [0.25, 0.3) is 0 Å². The van der Waals surface area contributed by atoms with Gasteiger partial charge in [0, 0.05) is 19.6 Å². The monoisotopic (exact) mass is 310 g/mol. The quantitative estimate of drug-likeness (QED) is 0.943. The fourth-order valence-electron chi connectivity index (χ4n) is 2.97. The van der Waals surface area contributed by atoms with Crippen LogP contribution in [0.4, 0.5) is 4.79 Å². The first kappa shape index (κ1) is 15.6. The Hall–Kier alpha value is -2.33. The fraction of sp³-hybridized carbons (Fsp3) is 0.316. The molecule has 23 heavy (non-hydrogen) atoms. The molecule has 3 rings (SSSR count). The van der Waals surface area contributed by atoms with E-state index in [0.29, 0.717) is 19.7 Å². The Morgan fingerprint density at radius 2 is 2.00 bits per heavy atom. The molecule has 0 fully saturated rings. The highest BCUT2D eigenvalue weighted by Gasteiger charge is 2.23. The highest BCUT2D eigenvalue weighted by atomic mass is 16.6. The lowest BCUT2D eigenvalue weighted by Crippen LogP contribution is -2.37. The summed E-state index contributed by atoms with van der Waals surface area (Å²) in [5.41, 5.74) is 4.86. The number of amides is 1. The van der Waals surface area contributed by atoms with Gasteiger partial charge in [0.15, 0.2) is 0 Å². The minimum atomic E-state index is -0.237. The topological polar surface area (TPSA) is 41.6 Å². The van der Waals surface area contributed by atoms with Crippen molar-refractivity contribution >= 4 is 6.09 Å². The van der Waals surface area contributed by atoms with Crippen LogP contribution in [0.1, 0.15) is 22.3 Å². The van der Waals surface area contributed by atoms with E-state index in [2.05, 4.69) is 23.5 Å². The summed E-state index contributed by atoms with van der Waals surface area (Å²) in [6.07, 6.45) is 0.645. The number of carbonyl (C=O) groups is 1. The van der Waals surface area contributed by atoms with Crippen molar-refractivity contribution in [3.05, 3.63) is 70.8 Å². The van der Waals surface area contributed by atoms with Gasteiger partial charge >= 0.3 is 6.09 Å². The van der Waals surface area contributed by atoms with Gasteiger partial charge in [-0.05, 0) is 35.7 Å². The maximum absolute atomic E-state index is 12.3. The molecular formula is C19H22N2O2. The molecule has 0 atom stereocenters. The van der Waals surface area contributed by atoms with Crippen LogP contribution < -0.4 is 5.32 Å². The zero-order chi connectivity index (χ0) is 16.1. The van der Waals surface area contributed by atoms with Crippen molar-refractivity contribution < 1.29 is 9.53 Å². The zero-order valence-electron chi connectivity index (χ0n) is 13.4. The van der Waals surface area contributed by atoms with E-state index in [-0.39, 0.29) is 6.09 Å². The second-order valence-corrected chi connectivity index (χ2v) is 5.80. The molecule has 0 aliphatic carbocycles. The van der Waals surface area contributed by atoms with Gasteiger partial charge in [-0.2, -0.15) is 0 Å². The molecule has 4 heteroatoms. The second-order valence-electron chi connectivity index (χ2n) is 5.80. The zero-order valence-corrected chi connectivity index (χ0v) is 13.4. The summed E-state index contributed by atoms with van der Waals surface area (Å²) in [6.45, 7) is 2.47. The Labute approximate surface area is 137 Å². The first-order chi connectivity index (χ1) is 11.3. The third kappa shape index (κ3) is 3.71. The lowest BCUT2D eigenvalue weighted by Gasteiger charge is -2.29. The number of rotatable bonds is 4. The van der Waals surface area contributed by atoms with Crippen LogP contribution in [-0.4, -0.2) is 24.6 Å². The molecule has 1 amide bonds. The number of nitrogens with one attached hydrogen (secondary N) is 1. The summed E-state index contributed by atoms with van der Waals surface area (Å²) in [6, 6.07) is 16.1. The molecule has 2 aromatic rings. The van der Waals surface area contributed by atoms with E-state index in [4.69, 9.17) is 4.74 Å². The molecule has 4 nitrogen and oxygen atoms in total. The predicted molar refractivity (Wildman–Crippen MR) is 89.9 cm³/mol. The highest BCUT2D eigenvalue weighted by Crippen LogP contribution is 2.23. The van der Waals surface area contributed by atoms with Gasteiger partial charge in [0.2, 0.25) is 0 Å². The number of benzene rings is 2. The van der Waals surface area contributed by atoms with E-state index in [1.807, 2.05) is 37.4 Å². The molecular weight excluding hydrogens is 288 g/mol. The minimum Gasteiger partial charge on any atom is -0.445 e. The van der Waals surface area contributed by atoms with Gasteiger partial charge in [0.05, 0.1) is 0 Å². The van der Waals surface area contributed by atoms with Crippen LogP contribution in [0.2, 0.25) is 0 Å². The van der Waals surface area contributed by atoms with Crippen molar-refractivity contribution in [2.24, 2.45) is 0 Å². The Bertz CT molecular complexity index is 670. The first-order valence-electron chi connectivity index (χ1n) is 7.98. The highest BCUT2D eigenvalue weighted by molar-refractivity contribution is 5.68. The maximum Gasteiger partial charge on any atom is 0.410 e. The van der Waals surface area contributed by atoms with Gasteiger partial charge in [0.25, 0.3) is 0 Å². The molecule has 0 spiro atoms. The Morgan fingerprint density at radius 1 is 1.17 bits per heavy atom. The molecule has 1 N–H and O–H groups in total. The van der Waals surface area contributed by atoms with Crippen LogP contribution in [0.3, 0.4) is 0 Å². The first-order valence-corrected chi connectivity index (χ1v) is 7.98. The summed E-state index contributed by atoms with van der Waals surface area (Å²) in [7, 11) is 1.94. The summed E-state index contributed by atoms with van der Waals surface area (Å²) in [4.78, 5) is 14.1. The van der Waals surface area contributed by atoms with Crippen molar-refractivity contribution in [2.45, 2.75) is 26.1 Å². The van der Waals surface area contributed by atoms with Crippen molar-refractivity contribution in [1.29, 1.82) is 0 Å².